The van der Waals surface area contributed by atoms with Crippen LogP contribution in [0.15, 0.2) is 0 Å². The standard InChI is InChI=1S/C12H23N3O2/c1-14-6-8-15(9-7-14)12(16)17-10-11-4-2-3-5-13-11/h11,13H,2-10H2,1H3/t11-/m1/s1. The molecule has 2 saturated heterocycles. The van der Waals surface area contributed by atoms with Crippen LogP contribution in [0.4, 0.5) is 4.79 Å². The number of likely N-dealkylation sites (N-methyl/N-ethyl adjacent to an activating group) is 1. The lowest BCUT2D eigenvalue weighted by atomic mass is 10.1. The quantitative estimate of drug-likeness (QED) is 0.765. The van der Waals surface area contributed by atoms with Gasteiger partial charge in [-0.2, -0.15) is 0 Å². The smallest absolute Gasteiger partial charge is 0.409 e. The van der Waals surface area contributed by atoms with Crippen molar-refractivity contribution in [2.24, 2.45) is 0 Å². The summed E-state index contributed by atoms with van der Waals surface area (Å²) in [6.07, 6.45) is 3.45. The number of hydrogen-bond donors (Lipinski definition) is 1. The van der Waals surface area contributed by atoms with Gasteiger partial charge in [0.1, 0.15) is 6.61 Å². The molecule has 0 aromatic heterocycles. The Kier molecular flexibility index (Phi) is 4.62. The molecule has 0 bridgehead atoms. The van der Waals surface area contributed by atoms with Crippen LogP contribution in [-0.4, -0.2) is 68.3 Å². The van der Waals surface area contributed by atoms with Gasteiger partial charge in [-0.25, -0.2) is 4.79 Å². The number of ether oxygens (including phenoxy) is 1. The normalized spacial score (nSPS) is 26.9. The first kappa shape index (κ1) is 12.6. The number of piperidine rings is 1. The second-order valence-corrected chi connectivity index (χ2v) is 5.01. The highest BCUT2D eigenvalue weighted by Crippen LogP contribution is 2.08. The highest BCUT2D eigenvalue weighted by Gasteiger charge is 2.21. The molecule has 98 valence electrons. The summed E-state index contributed by atoms with van der Waals surface area (Å²) in [6.45, 7) is 5.02. The van der Waals surface area contributed by atoms with Gasteiger partial charge in [-0.1, -0.05) is 6.42 Å². The maximum atomic E-state index is 11.8. The molecular weight excluding hydrogens is 218 g/mol. The molecule has 2 rings (SSSR count). The van der Waals surface area contributed by atoms with Crippen molar-refractivity contribution in [3.8, 4) is 0 Å². The zero-order valence-corrected chi connectivity index (χ0v) is 10.7. The van der Waals surface area contributed by atoms with Gasteiger partial charge in [0.25, 0.3) is 0 Å². The molecule has 0 saturated carbocycles. The highest BCUT2D eigenvalue weighted by atomic mass is 16.6. The number of rotatable bonds is 2. The van der Waals surface area contributed by atoms with Crippen LogP contribution < -0.4 is 5.32 Å². The van der Waals surface area contributed by atoms with E-state index in [-0.39, 0.29) is 6.09 Å². The molecule has 0 spiro atoms. The number of nitrogens with one attached hydrogen (secondary N) is 1. The number of carbonyl (C=O) groups excluding carboxylic acids is 1. The van der Waals surface area contributed by atoms with E-state index in [4.69, 9.17) is 4.74 Å². The van der Waals surface area contributed by atoms with Gasteiger partial charge in [0, 0.05) is 32.2 Å². The summed E-state index contributed by atoms with van der Waals surface area (Å²) in [5.74, 6) is 0. The van der Waals surface area contributed by atoms with Gasteiger partial charge in [0.05, 0.1) is 0 Å². The molecular formula is C12H23N3O2. The fraction of sp³-hybridized carbons (Fsp3) is 0.917. The third kappa shape index (κ3) is 3.85. The third-order valence-corrected chi connectivity index (χ3v) is 3.58. The summed E-state index contributed by atoms with van der Waals surface area (Å²) >= 11 is 0. The van der Waals surface area contributed by atoms with Crippen LogP contribution in [0.1, 0.15) is 19.3 Å². The minimum absolute atomic E-state index is 0.148. The molecule has 1 N–H and O–H groups in total. The SMILES string of the molecule is CN1CCN(C(=O)OC[C@H]2CCCCN2)CC1. The molecule has 2 heterocycles. The van der Waals surface area contributed by atoms with Crippen molar-refractivity contribution < 1.29 is 9.53 Å². The fourth-order valence-electron chi connectivity index (χ4n) is 2.32. The van der Waals surface area contributed by atoms with Gasteiger partial charge < -0.3 is 19.9 Å². The topological polar surface area (TPSA) is 44.8 Å². The molecule has 0 unspecified atom stereocenters. The minimum atomic E-state index is -0.148. The molecule has 5 heteroatoms. The van der Waals surface area contributed by atoms with Gasteiger partial charge in [-0.3, -0.25) is 0 Å². The number of carbonyl (C=O) groups is 1. The van der Waals surface area contributed by atoms with E-state index >= 15 is 0 Å². The van der Waals surface area contributed by atoms with E-state index in [9.17, 15) is 4.79 Å². The van der Waals surface area contributed by atoms with Gasteiger partial charge in [0.2, 0.25) is 0 Å². The van der Waals surface area contributed by atoms with E-state index in [0.717, 1.165) is 39.1 Å². The summed E-state index contributed by atoms with van der Waals surface area (Å²) in [4.78, 5) is 15.8. The predicted octanol–water partition coefficient (Wildman–Crippen LogP) is 0.513. The maximum absolute atomic E-state index is 11.8. The summed E-state index contributed by atoms with van der Waals surface area (Å²) in [5.41, 5.74) is 0. The first-order chi connectivity index (χ1) is 8.25. The lowest BCUT2D eigenvalue weighted by Gasteiger charge is -2.32. The Bertz CT molecular complexity index is 246. The van der Waals surface area contributed by atoms with E-state index in [1.165, 1.54) is 12.8 Å². The average molecular weight is 241 g/mol. The first-order valence-electron chi connectivity index (χ1n) is 6.59. The maximum Gasteiger partial charge on any atom is 0.409 e. The monoisotopic (exact) mass is 241 g/mol. The summed E-state index contributed by atoms with van der Waals surface area (Å²) in [7, 11) is 2.08. The van der Waals surface area contributed by atoms with Crippen LogP contribution in [0.25, 0.3) is 0 Å². The zero-order chi connectivity index (χ0) is 12.1. The fourth-order valence-corrected chi connectivity index (χ4v) is 2.32. The van der Waals surface area contributed by atoms with Crippen molar-refractivity contribution in [3.63, 3.8) is 0 Å². The van der Waals surface area contributed by atoms with Gasteiger partial charge in [0.15, 0.2) is 0 Å². The Morgan fingerprint density at radius 2 is 2.06 bits per heavy atom. The first-order valence-corrected chi connectivity index (χ1v) is 6.59. The number of amides is 1. The van der Waals surface area contributed by atoms with Crippen molar-refractivity contribution in [1.82, 2.24) is 15.1 Å². The molecule has 0 aromatic rings. The van der Waals surface area contributed by atoms with Crippen molar-refractivity contribution in [2.75, 3.05) is 46.4 Å². The highest BCUT2D eigenvalue weighted by molar-refractivity contribution is 5.67. The largest absolute Gasteiger partial charge is 0.448 e. The molecule has 0 radical (unpaired) electrons. The van der Waals surface area contributed by atoms with E-state index in [1.807, 2.05) is 4.90 Å². The van der Waals surface area contributed by atoms with E-state index in [1.54, 1.807) is 0 Å². The molecule has 2 fully saturated rings. The molecule has 17 heavy (non-hydrogen) atoms. The van der Waals surface area contributed by atoms with Crippen LogP contribution >= 0.6 is 0 Å². The van der Waals surface area contributed by atoms with E-state index in [0.29, 0.717) is 12.6 Å². The second-order valence-electron chi connectivity index (χ2n) is 5.01. The number of hydrogen-bond acceptors (Lipinski definition) is 4. The molecule has 0 aliphatic carbocycles. The number of nitrogens with zero attached hydrogens (tertiary/aromatic N) is 2. The van der Waals surface area contributed by atoms with Crippen LogP contribution in [0, 0.1) is 0 Å². The summed E-state index contributed by atoms with van der Waals surface area (Å²) < 4.78 is 5.36. The minimum Gasteiger partial charge on any atom is -0.448 e. The number of piperazine rings is 1. The van der Waals surface area contributed by atoms with Gasteiger partial charge in [-0.15, -0.1) is 0 Å². The van der Waals surface area contributed by atoms with Crippen molar-refractivity contribution >= 4 is 6.09 Å². The molecule has 0 aromatic carbocycles. The van der Waals surface area contributed by atoms with Crippen LogP contribution in [0.5, 0.6) is 0 Å². The third-order valence-electron chi connectivity index (χ3n) is 3.58. The predicted molar refractivity (Wildman–Crippen MR) is 66.1 cm³/mol. The van der Waals surface area contributed by atoms with Gasteiger partial charge >= 0.3 is 6.09 Å². The molecule has 1 amide bonds. The van der Waals surface area contributed by atoms with Crippen LogP contribution in [0.3, 0.4) is 0 Å². The van der Waals surface area contributed by atoms with Crippen LogP contribution in [-0.2, 0) is 4.74 Å². The summed E-state index contributed by atoms with van der Waals surface area (Å²) in [5, 5.41) is 3.38. The second kappa shape index (κ2) is 6.21. The Morgan fingerprint density at radius 1 is 1.29 bits per heavy atom. The molecule has 2 aliphatic rings. The Labute approximate surface area is 103 Å². The molecule has 1 atom stereocenters. The van der Waals surface area contributed by atoms with Gasteiger partial charge in [-0.05, 0) is 26.4 Å². The molecule has 2 aliphatic heterocycles. The van der Waals surface area contributed by atoms with Crippen molar-refractivity contribution in [3.05, 3.63) is 0 Å². The lowest BCUT2D eigenvalue weighted by Crippen LogP contribution is -2.48. The lowest BCUT2D eigenvalue weighted by molar-refractivity contribution is 0.0722. The average Bonchev–Trinajstić information content (AvgIpc) is 2.38. The zero-order valence-electron chi connectivity index (χ0n) is 10.7. The van der Waals surface area contributed by atoms with Crippen molar-refractivity contribution in [1.29, 1.82) is 0 Å². The van der Waals surface area contributed by atoms with Crippen LogP contribution in [0.2, 0.25) is 0 Å². The Balaban J connectivity index is 1.66. The Morgan fingerprint density at radius 3 is 2.71 bits per heavy atom. The van der Waals surface area contributed by atoms with E-state index in [2.05, 4.69) is 17.3 Å². The Hall–Kier alpha value is -0.810. The summed E-state index contributed by atoms with van der Waals surface area (Å²) in [6, 6.07) is 0.361. The van der Waals surface area contributed by atoms with E-state index < -0.39 is 0 Å². The van der Waals surface area contributed by atoms with Crippen molar-refractivity contribution in [2.45, 2.75) is 25.3 Å². The molecule has 5 nitrogen and oxygen atoms in total.